The van der Waals surface area contributed by atoms with E-state index in [2.05, 4.69) is 34.1 Å². The monoisotopic (exact) mass is 244 g/mol. The lowest BCUT2D eigenvalue weighted by molar-refractivity contribution is -0.118. The maximum Gasteiger partial charge on any atom is 0.143 e. The van der Waals surface area contributed by atoms with Crippen LogP contribution < -0.4 is 4.90 Å². The molecular formula is C15H20N2O. The molecule has 0 aromatic heterocycles. The molecule has 3 heteroatoms. The maximum absolute atomic E-state index is 11.3. The highest BCUT2D eigenvalue weighted by molar-refractivity contribution is 5.77. The van der Waals surface area contributed by atoms with Crippen LogP contribution in [0.4, 0.5) is 5.69 Å². The van der Waals surface area contributed by atoms with Gasteiger partial charge in [-0.1, -0.05) is 18.2 Å². The predicted molar refractivity (Wildman–Crippen MR) is 73.0 cm³/mol. The minimum absolute atomic E-state index is 0.277. The summed E-state index contributed by atoms with van der Waals surface area (Å²) < 4.78 is 0. The van der Waals surface area contributed by atoms with Gasteiger partial charge in [0.05, 0.1) is 6.54 Å². The van der Waals surface area contributed by atoms with E-state index in [1.807, 2.05) is 0 Å². The average molecular weight is 244 g/mol. The first-order valence-electron chi connectivity index (χ1n) is 6.80. The molecule has 0 N–H and O–H groups in total. The fourth-order valence-corrected chi connectivity index (χ4v) is 3.30. The van der Waals surface area contributed by atoms with Gasteiger partial charge in [-0.15, -0.1) is 0 Å². The Hall–Kier alpha value is -1.35. The second-order valence-corrected chi connectivity index (χ2v) is 5.47. The van der Waals surface area contributed by atoms with E-state index in [1.165, 1.54) is 11.3 Å². The molecule has 1 aromatic rings. The van der Waals surface area contributed by atoms with Crippen LogP contribution in [0.5, 0.6) is 0 Å². The van der Waals surface area contributed by atoms with E-state index < -0.39 is 0 Å². The maximum atomic E-state index is 11.3. The third-order valence-electron chi connectivity index (χ3n) is 3.99. The first kappa shape index (κ1) is 11.7. The fourth-order valence-electron chi connectivity index (χ4n) is 3.30. The Morgan fingerprint density at radius 1 is 1.33 bits per heavy atom. The van der Waals surface area contributed by atoms with Crippen molar-refractivity contribution in [3.8, 4) is 0 Å². The molecule has 0 saturated carbocycles. The zero-order valence-electron chi connectivity index (χ0n) is 10.9. The number of hydrogen-bond donors (Lipinski definition) is 0. The van der Waals surface area contributed by atoms with E-state index in [4.69, 9.17) is 0 Å². The van der Waals surface area contributed by atoms with Gasteiger partial charge in [-0.3, -0.25) is 9.69 Å². The molecule has 3 nitrogen and oxygen atoms in total. The van der Waals surface area contributed by atoms with E-state index in [1.54, 1.807) is 6.92 Å². The van der Waals surface area contributed by atoms with E-state index in [-0.39, 0.29) is 5.78 Å². The van der Waals surface area contributed by atoms with Gasteiger partial charge >= 0.3 is 0 Å². The van der Waals surface area contributed by atoms with Crippen LogP contribution >= 0.6 is 0 Å². The SMILES string of the molecule is CC(=O)CN1CCCN2c3ccccc3CC2C1. The molecule has 0 radical (unpaired) electrons. The Bertz CT molecular complexity index is 458. The Kier molecular flexibility index (Phi) is 3.08. The van der Waals surface area contributed by atoms with E-state index in [0.717, 1.165) is 32.5 Å². The van der Waals surface area contributed by atoms with E-state index in [9.17, 15) is 4.79 Å². The molecule has 0 spiro atoms. The van der Waals surface area contributed by atoms with Gasteiger partial charge in [0.15, 0.2) is 0 Å². The molecule has 1 unspecified atom stereocenters. The molecule has 0 aliphatic carbocycles. The number of carbonyl (C=O) groups excluding carboxylic acids is 1. The zero-order chi connectivity index (χ0) is 12.5. The molecule has 18 heavy (non-hydrogen) atoms. The van der Waals surface area contributed by atoms with Gasteiger partial charge in [-0.25, -0.2) is 0 Å². The Balaban J connectivity index is 1.78. The molecule has 96 valence electrons. The highest BCUT2D eigenvalue weighted by Crippen LogP contribution is 2.33. The molecule has 2 aliphatic rings. The minimum Gasteiger partial charge on any atom is -0.367 e. The number of fused-ring (bicyclic) bond motifs is 3. The first-order valence-corrected chi connectivity index (χ1v) is 6.80. The van der Waals surface area contributed by atoms with Gasteiger partial charge in [-0.2, -0.15) is 0 Å². The Morgan fingerprint density at radius 3 is 3.00 bits per heavy atom. The van der Waals surface area contributed by atoms with Crippen LogP contribution in [0.15, 0.2) is 24.3 Å². The van der Waals surface area contributed by atoms with Crippen LogP contribution in [0.2, 0.25) is 0 Å². The van der Waals surface area contributed by atoms with E-state index >= 15 is 0 Å². The topological polar surface area (TPSA) is 23.6 Å². The number of Topliss-reactive ketones (excluding diaryl/α,β-unsaturated/α-hetero) is 1. The van der Waals surface area contributed by atoms with Crippen LogP contribution in [0.3, 0.4) is 0 Å². The molecule has 2 aliphatic heterocycles. The molecule has 1 fully saturated rings. The lowest BCUT2D eigenvalue weighted by Gasteiger charge is -2.27. The molecule has 1 atom stereocenters. The lowest BCUT2D eigenvalue weighted by Crippen LogP contribution is -2.40. The van der Waals surface area contributed by atoms with Crippen LogP contribution in [0.25, 0.3) is 0 Å². The van der Waals surface area contributed by atoms with Crippen molar-refractivity contribution >= 4 is 11.5 Å². The van der Waals surface area contributed by atoms with Gasteiger partial charge in [0.2, 0.25) is 0 Å². The lowest BCUT2D eigenvalue weighted by atomic mass is 10.1. The molecule has 1 saturated heterocycles. The largest absolute Gasteiger partial charge is 0.367 e. The summed E-state index contributed by atoms with van der Waals surface area (Å²) in [5.74, 6) is 0.277. The smallest absolute Gasteiger partial charge is 0.143 e. The Labute approximate surface area is 108 Å². The third-order valence-corrected chi connectivity index (χ3v) is 3.99. The third kappa shape index (κ3) is 2.15. The number of ketones is 1. The quantitative estimate of drug-likeness (QED) is 0.791. The van der Waals surface area contributed by atoms with Crippen LogP contribution in [-0.2, 0) is 11.2 Å². The molecular weight excluding hydrogens is 224 g/mol. The summed E-state index contributed by atoms with van der Waals surface area (Å²) >= 11 is 0. The minimum atomic E-state index is 0.277. The van der Waals surface area contributed by atoms with Crippen molar-refractivity contribution in [1.29, 1.82) is 0 Å². The number of hydrogen-bond acceptors (Lipinski definition) is 3. The van der Waals surface area contributed by atoms with Gasteiger partial charge in [-0.05, 0) is 31.4 Å². The molecule has 2 heterocycles. The van der Waals surface area contributed by atoms with Crippen molar-refractivity contribution in [2.45, 2.75) is 25.8 Å². The second kappa shape index (κ2) is 4.73. The normalized spacial score (nSPS) is 23.4. The van der Waals surface area contributed by atoms with Crippen molar-refractivity contribution in [2.75, 3.05) is 31.1 Å². The molecule has 0 bridgehead atoms. The number of para-hydroxylation sites is 1. The van der Waals surface area contributed by atoms with Gasteiger partial charge < -0.3 is 4.90 Å². The summed E-state index contributed by atoms with van der Waals surface area (Å²) in [6.45, 7) is 5.49. The number of anilines is 1. The van der Waals surface area contributed by atoms with Gasteiger partial charge in [0.25, 0.3) is 0 Å². The predicted octanol–water partition coefficient (Wildman–Crippen LogP) is 1.71. The van der Waals surface area contributed by atoms with E-state index in [0.29, 0.717) is 12.6 Å². The summed E-state index contributed by atoms with van der Waals surface area (Å²) in [6.07, 6.45) is 2.28. The van der Waals surface area contributed by atoms with Crippen molar-refractivity contribution < 1.29 is 4.79 Å². The average Bonchev–Trinajstić information content (AvgIpc) is 2.55. The highest BCUT2D eigenvalue weighted by atomic mass is 16.1. The van der Waals surface area contributed by atoms with Crippen molar-refractivity contribution in [3.63, 3.8) is 0 Å². The zero-order valence-corrected chi connectivity index (χ0v) is 10.9. The van der Waals surface area contributed by atoms with Crippen molar-refractivity contribution in [1.82, 2.24) is 4.90 Å². The first-order chi connectivity index (χ1) is 8.74. The summed E-state index contributed by atoms with van der Waals surface area (Å²) in [6, 6.07) is 9.27. The standard InChI is InChI=1S/C15H20N2O/c1-12(18)10-16-7-4-8-17-14(11-16)9-13-5-2-3-6-15(13)17/h2-3,5-6,14H,4,7-11H2,1H3. The Morgan fingerprint density at radius 2 is 2.17 bits per heavy atom. The van der Waals surface area contributed by atoms with Crippen molar-refractivity contribution in [3.05, 3.63) is 29.8 Å². The van der Waals surface area contributed by atoms with Crippen molar-refractivity contribution in [2.24, 2.45) is 0 Å². The fraction of sp³-hybridized carbons (Fsp3) is 0.533. The summed E-state index contributed by atoms with van der Waals surface area (Å²) in [5.41, 5.74) is 2.87. The molecule has 0 amide bonds. The number of benzene rings is 1. The number of rotatable bonds is 2. The second-order valence-electron chi connectivity index (χ2n) is 5.47. The van der Waals surface area contributed by atoms with Crippen LogP contribution in [0.1, 0.15) is 18.9 Å². The molecule has 3 rings (SSSR count). The summed E-state index contributed by atoms with van der Waals surface area (Å²) in [7, 11) is 0. The highest BCUT2D eigenvalue weighted by Gasteiger charge is 2.32. The van der Waals surface area contributed by atoms with Crippen LogP contribution in [-0.4, -0.2) is 42.9 Å². The summed E-state index contributed by atoms with van der Waals surface area (Å²) in [4.78, 5) is 16.1. The van der Waals surface area contributed by atoms with Gasteiger partial charge in [0, 0.05) is 31.4 Å². The number of nitrogens with zero attached hydrogens (tertiary/aromatic N) is 2. The van der Waals surface area contributed by atoms with Crippen LogP contribution in [0, 0.1) is 0 Å². The summed E-state index contributed by atoms with van der Waals surface area (Å²) in [5, 5.41) is 0. The molecule has 1 aromatic carbocycles. The van der Waals surface area contributed by atoms with Gasteiger partial charge in [0.1, 0.15) is 5.78 Å². The number of carbonyl (C=O) groups is 1.